The quantitative estimate of drug-likeness (QED) is 0.555. The van der Waals surface area contributed by atoms with E-state index in [4.69, 9.17) is 4.42 Å². The fraction of sp³-hybridized carbons (Fsp3) is 0.0476. The van der Waals surface area contributed by atoms with Crippen molar-refractivity contribution in [1.82, 2.24) is 4.98 Å². The molecule has 128 valence electrons. The third-order valence-corrected chi connectivity index (χ3v) is 4.11. The predicted octanol–water partition coefficient (Wildman–Crippen LogP) is 5.19. The van der Waals surface area contributed by atoms with E-state index in [9.17, 15) is 9.18 Å². The van der Waals surface area contributed by atoms with Crippen LogP contribution in [0.15, 0.2) is 71.1 Å². The Morgan fingerprint density at radius 1 is 1.04 bits per heavy atom. The Bertz CT molecular complexity index is 1120. The number of carbonyl (C=O) groups is 1. The molecule has 1 amide bonds. The molecule has 0 saturated carbocycles. The highest BCUT2D eigenvalue weighted by Crippen LogP contribution is 2.28. The fourth-order valence-electron chi connectivity index (χ4n) is 2.76. The van der Waals surface area contributed by atoms with Crippen LogP contribution >= 0.6 is 0 Å². The van der Waals surface area contributed by atoms with Crippen LogP contribution in [0.5, 0.6) is 0 Å². The second-order valence-electron chi connectivity index (χ2n) is 5.98. The minimum absolute atomic E-state index is 0.253. The maximum atomic E-state index is 13.3. The molecule has 1 heterocycles. The smallest absolute Gasteiger partial charge is 0.255 e. The van der Waals surface area contributed by atoms with Gasteiger partial charge in [0.2, 0.25) is 5.89 Å². The van der Waals surface area contributed by atoms with E-state index in [1.807, 2.05) is 31.2 Å². The van der Waals surface area contributed by atoms with Gasteiger partial charge in [0.05, 0.1) is 0 Å². The zero-order chi connectivity index (χ0) is 18.1. The molecule has 0 saturated heterocycles. The zero-order valence-electron chi connectivity index (χ0n) is 14.0. The van der Waals surface area contributed by atoms with Gasteiger partial charge in [0.1, 0.15) is 11.3 Å². The number of anilines is 1. The summed E-state index contributed by atoms with van der Waals surface area (Å²) in [5.74, 6) is -0.305. The molecular formula is C21H15FN2O2. The fourth-order valence-corrected chi connectivity index (χ4v) is 2.76. The molecule has 0 spiro atoms. The van der Waals surface area contributed by atoms with E-state index in [1.165, 1.54) is 18.2 Å². The summed E-state index contributed by atoms with van der Waals surface area (Å²) in [4.78, 5) is 16.8. The van der Waals surface area contributed by atoms with Crippen LogP contribution in [0, 0.1) is 12.7 Å². The largest absolute Gasteiger partial charge is 0.436 e. The number of halogens is 1. The molecular weight excluding hydrogens is 331 g/mol. The first-order chi connectivity index (χ1) is 12.6. The first-order valence-corrected chi connectivity index (χ1v) is 8.14. The van der Waals surface area contributed by atoms with Crippen molar-refractivity contribution in [3.8, 4) is 11.5 Å². The number of oxazole rings is 1. The first kappa shape index (κ1) is 16.0. The van der Waals surface area contributed by atoms with Gasteiger partial charge in [0.25, 0.3) is 5.91 Å². The molecule has 0 aliphatic heterocycles. The van der Waals surface area contributed by atoms with Crippen LogP contribution in [0.25, 0.3) is 22.6 Å². The Labute approximate surface area is 149 Å². The molecule has 0 unspecified atom stereocenters. The molecule has 1 N–H and O–H groups in total. The van der Waals surface area contributed by atoms with Gasteiger partial charge in [-0.25, -0.2) is 9.37 Å². The Morgan fingerprint density at radius 3 is 2.69 bits per heavy atom. The highest BCUT2D eigenvalue weighted by Gasteiger charge is 2.12. The Morgan fingerprint density at radius 2 is 1.88 bits per heavy atom. The Balaban J connectivity index is 1.64. The molecule has 5 heteroatoms. The number of nitrogens with zero attached hydrogens (tertiary/aromatic N) is 1. The second-order valence-corrected chi connectivity index (χ2v) is 5.98. The van der Waals surface area contributed by atoms with Gasteiger partial charge in [-0.1, -0.05) is 24.3 Å². The number of hydrogen-bond acceptors (Lipinski definition) is 3. The zero-order valence-corrected chi connectivity index (χ0v) is 14.0. The van der Waals surface area contributed by atoms with Crippen molar-refractivity contribution in [2.24, 2.45) is 0 Å². The summed E-state index contributed by atoms with van der Waals surface area (Å²) in [5.41, 5.74) is 4.07. The SMILES string of the molecule is Cc1ccccc1-c1nc2ccc(NC(=O)c3cccc(F)c3)cc2o1. The van der Waals surface area contributed by atoms with Crippen molar-refractivity contribution in [3.63, 3.8) is 0 Å². The van der Waals surface area contributed by atoms with Gasteiger partial charge in [0, 0.05) is 22.9 Å². The van der Waals surface area contributed by atoms with Crippen molar-refractivity contribution >= 4 is 22.7 Å². The number of aryl methyl sites for hydroxylation is 1. The van der Waals surface area contributed by atoms with Crippen LogP contribution in [0.1, 0.15) is 15.9 Å². The average molecular weight is 346 g/mol. The molecule has 4 rings (SSSR count). The minimum Gasteiger partial charge on any atom is -0.436 e. The summed E-state index contributed by atoms with van der Waals surface area (Å²) in [6, 6.07) is 18.6. The van der Waals surface area contributed by atoms with Gasteiger partial charge >= 0.3 is 0 Å². The number of rotatable bonds is 3. The number of benzene rings is 3. The van der Waals surface area contributed by atoms with Gasteiger partial charge in [-0.3, -0.25) is 4.79 Å². The number of aromatic nitrogens is 1. The molecule has 0 atom stereocenters. The molecule has 26 heavy (non-hydrogen) atoms. The number of carbonyl (C=O) groups excluding carboxylic acids is 1. The summed E-state index contributed by atoms with van der Waals surface area (Å²) in [7, 11) is 0. The lowest BCUT2D eigenvalue weighted by molar-refractivity contribution is 0.102. The summed E-state index contributed by atoms with van der Waals surface area (Å²) >= 11 is 0. The summed E-state index contributed by atoms with van der Waals surface area (Å²) in [6.07, 6.45) is 0. The third kappa shape index (κ3) is 3.07. The van der Waals surface area contributed by atoms with Crippen LogP contribution in [-0.2, 0) is 0 Å². The lowest BCUT2D eigenvalue weighted by Crippen LogP contribution is -2.11. The van der Waals surface area contributed by atoms with E-state index in [-0.39, 0.29) is 11.5 Å². The van der Waals surface area contributed by atoms with Crippen molar-refractivity contribution in [1.29, 1.82) is 0 Å². The highest BCUT2D eigenvalue weighted by molar-refractivity contribution is 6.04. The molecule has 0 aliphatic rings. The van der Waals surface area contributed by atoms with Crippen molar-refractivity contribution in [2.45, 2.75) is 6.92 Å². The van der Waals surface area contributed by atoms with Gasteiger partial charge in [-0.2, -0.15) is 0 Å². The second kappa shape index (κ2) is 6.44. The van der Waals surface area contributed by atoms with Gasteiger partial charge in [0.15, 0.2) is 5.58 Å². The van der Waals surface area contributed by atoms with Crippen molar-refractivity contribution in [3.05, 3.63) is 83.7 Å². The number of fused-ring (bicyclic) bond motifs is 1. The first-order valence-electron chi connectivity index (χ1n) is 8.14. The molecule has 0 aliphatic carbocycles. The van der Waals surface area contributed by atoms with Crippen LogP contribution in [0.2, 0.25) is 0 Å². The van der Waals surface area contributed by atoms with Crippen molar-refractivity contribution < 1.29 is 13.6 Å². The summed E-state index contributed by atoms with van der Waals surface area (Å²) < 4.78 is 19.1. The molecule has 3 aromatic carbocycles. The minimum atomic E-state index is -0.453. The average Bonchev–Trinajstić information content (AvgIpc) is 3.05. The van der Waals surface area contributed by atoms with E-state index >= 15 is 0 Å². The van der Waals surface area contributed by atoms with Crippen LogP contribution in [0.3, 0.4) is 0 Å². The molecule has 0 bridgehead atoms. The van der Waals surface area contributed by atoms with Crippen LogP contribution < -0.4 is 5.32 Å². The third-order valence-electron chi connectivity index (χ3n) is 4.11. The van der Waals surface area contributed by atoms with Gasteiger partial charge in [-0.15, -0.1) is 0 Å². The monoisotopic (exact) mass is 346 g/mol. The van der Waals surface area contributed by atoms with E-state index in [2.05, 4.69) is 10.3 Å². The van der Waals surface area contributed by atoms with E-state index in [0.717, 1.165) is 11.1 Å². The van der Waals surface area contributed by atoms with Crippen molar-refractivity contribution in [2.75, 3.05) is 5.32 Å². The summed E-state index contributed by atoms with van der Waals surface area (Å²) in [6.45, 7) is 1.99. The standard InChI is InChI=1S/C21H15FN2O2/c1-13-5-2-3-8-17(13)21-24-18-10-9-16(12-19(18)26-21)23-20(25)14-6-4-7-15(22)11-14/h2-12H,1H3,(H,23,25). The molecule has 4 nitrogen and oxygen atoms in total. The van der Waals surface area contributed by atoms with E-state index in [1.54, 1.807) is 24.3 Å². The lowest BCUT2D eigenvalue weighted by atomic mass is 10.1. The molecule has 4 aromatic rings. The Hall–Kier alpha value is -3.47. The normalized spacial score (nSPS) is 10.8. The highest BCUT2D eigenvalue weighted by atomic mass is 19.1. The number of nitrogens with one attached hydrogen (secondary N) is 1. The maximum absolute atomic E-state index is 13.3. The molecule has 1 aromatic heterocycles. The van der Waals surface area contributed by atoms with Gasteiger partial charge in [-0.05, 0) is 48.9 Å². The van der Waals surface area contributed by atoms with Gasteiger partial charge < -0.3 is 9.73 Å². The van der Waals surface area contributed by atoms with Crippen LogP contribution in [-0.4, -0.2) is 10.9 Å². The Kier molecular flexibility index (Phi) is 3.97. The molecule has 0 fully saturated rings. The van der Waals surface area contributed by atoms with Crippen LogP contribution in [0.4, 0.5) is 10.1 Å². The lowest BCUT2D eigenvalue weighted by Gasteiger charge is -2.04. The maximum Gasteiger partial charge on any atom is 0.255 e. The molecule has 0 radical (unpaired) electrons. The van der Waals surface area contributed by atoms with E-state index < -0.39 is 5.82 Å². The topological polar surface area (TPSA) is 55.1 Å². The predicted molar refractivity (Wildman–Crippen MR) is 98.5 cm³/mol. The number of amides is 1. The van der Waals surface area contributed by atoms with E-state index in [0.29, 0.717) is 22.7 Å². The number of hydrogen-bond donors (Lipinski definition) is 1. The summed E-state index contributed by atoms with van der Waals surface area (Å²) in [5, 5.41) is 2.74.